The first-order valence-corrected chi connectivity index (χ1v) is 7.19. The number of hydrogen-bond acceptors (Lipinski definition) is 4. The topological polar surface area (TPSA) is 41.3 Å². The van der Waals surface area contributed by atoms with Crippen molar-refractivity contribution in [2.24, 2.45) is 5.92 Å². The molecule has 2 heterocycles. The summed E-state index contributed by atoms with van der Waals surface area (Å²) in [5.41, 5.74) is 1.01. The minimum absolute atomic E-state index is 0.803. The van der Waals surface area contributed by atoms with Crippen LogP contribution in [0.2, 0.25) is 0 Å². The van der Waals surface area contributed by atoms with Crippen molar-refractivity contribution in [3.63, 3.8) is 0 Å². The molecule has 0 aromatic carbocycles. The van der Waals surface area contributed by atoms with Crippen molar-refractivity contribution in [2.45, 2.75) is 46.1 Å². The van der Waals surface area contributed by atoms with Gasteiger partial charge >= 0.3 is 0 Å². The Morgan fingerprint density at radius 2 is 2.33 bits per heavy atom. The number of rotatable bonds is 5. The van der Waals surface area contributed by atoms with Crippen LogP contribution in [0, 0.1) is 5.92 Å². The van der Waals surface area contributed by atoms with E-state index in [1.165, 1.54) is 19.3 Å². The molecule has 1 aliphatic rings. The van der Waals surface area contributed by atoms with E-state index in [-0.39, 0.29) is 0 Å². The molecule has 0 aliphatic carbocycles. The van der Waals surface area contributed by atoms with E-state index in [1.807, 2.05) is 0 Å². The fraction of sp³-hybridized carbons (Fsp3) is 0.786. The molecule has 1 atom stereocenters. The van der Waals surface area contributed by atoms with Gasteiger partial charge in [-0.15, -0.1) is 0 Å². The molecule has 0 spiro atoms. The van der Waals surface area contributed by atoms with E-state index >= 15 is 0 Å². The lowest BCUT2D eigenvalue weighted by molar-refractivity contribution is 0.513. The first kappa shape index (κ1) is 13.4. The van der Waals surface area contributed by atoms with Crippen molar-refractivity contribution in [2.75, 3.05) is 24.5 Å². The number of nitrogens with one attached hydrogen (secondary N) is 1. The summed E-state index contributed by atoms with van der Waals surface area (Å²) in [5.74, 6) is 0.829. The average molecular weight is 251 g/mol. The third kappa shape index (κ3) is 3.73. The zero-order valence-corrected chi connectivity index (χ0v) is 11.6. The van der Waals surface area contributed by atoms with Crippen LogP contribution in [0.5, 0.6) is 0 Å². The summed E-state index contributed by atoms with van der Waals surface area (Å²) < 4.78 is 5.60. The SMILES string of the molecule is CCCNCc1coc(N2CCCC(C)CC2)n1. The minimum Gasteiger partial charge on any atom is -0.432 e. The van der Waals surface area contributed by atoms with Crippen molar-refractivity contribution < 1.29 is 4.42 Å². The van der Waals surface area contributed by atoms with Gasteiger partial charge in [-0.2, -0.15) is 4.98 Å². The van der Waals surface area contributed by atoms with Gasteiger partial charge in [-0.3, -0.25) is 0 Å². The van der Waals surface area contributed by atoms with Gasteiger partial charge in [0.1, 0.15) is 6.26 Å². The summed E-state index contributed by atoms with van der Waals surface area (Å²) in [6, 6.07) is 0.803. The van der Waals surface area contributed by atoms with Crippen LogP contribution in [0.1, 0.15) is 45.2 Å². The highest BCUT2D eigenvalue weighted by molar-refractivity contribution is 5.27. The van der Waals surface area contributed by atoms with Crippen LogP contribution < -0.4 is 10.2 Å². The highest BCUT2D eigenvalue weighted by Crippen LogP contribution is 2.21. The fourth-order valence-corrected chi connectivity index (χ4v) is 2.37. The molecule has 0 saturated carbocycles. The van der Waals surface area contributed by atoms with E-state index in [9.17, 15) is 0 Å². The normalized spacial score (nSPS) is 21.0. The zero-order chi connectivity index (χ0) is 12.8. The van der Waals surface area contributed by atoms with Gasteiger partial charge in [0.25, 0.3) is 6.01 Å². The Bertz CT molecular complexity index is 351. The molecule has 1 aromatic rings. The van der Waals surface area contributed by atoms with Gasteiger partial charge in [-0.1, -0.05) is 13.8 Å². The molecule has 2 rings (SSSR count). The second-order valence-corrected chi connectivity index (χ2v) is 5.32. The molecule has 18 heavy (non-hydrogen) atoms. The molecular weight excluding hydrogens is 226 g/mol. The molecule has 1 fully saturated rings. The van der Waals surface area contributed by atoms with Crippen LogP contribution in [-0.2, 0) is 6.54 Å². The molecule has 0 bridgehead atoms. The number of anilines is 1. The van der Waals surface area contributed by atoms with Crippen LogP contribution >= 0.6 is 0 Å². The predicted molar refractivity (Wildman–Crippen MR) is 73.7 cm³/mol. The molecule has 4 heteroatoms. The maximum atomic E-state index is 5.60. The summed E-state index contributed by atoms with van der Waals surface area (Å²) in [5, 5.41) is 3.35. The molecule has 1 N–H and O–H groups in total. The maximum Gasteiger partial charge on any atom is 0.297 e. The van der Waals surface area contributed by atoms with Gasteiger partial charge < -0.3 is 14.6 Å². The van der Waals surface area contributed by atoms with Crippen molar-refractivity contribution in [1.29, 1.82) is 0 Å². The third-order valence-electron chi connectivity index (χ3n) is 3.56. The highest BCUT2D eigenvalue weighted by atomic mass is 16.4. The van der Waals surface area contributed by atoms with Gasteiger partial charge in [-0.05, 0) is 38.1 Å². The van der Waals surface area contributed by atoms with Gasteiger partial charge in [0.2, 0.25) is 0 Å². The van der Waals surface area contributed by atoms with E-state index in [2.05, 4.69) is 29.0 Å². The number of hydrogen-bond donors (Lipinski definition) is 1. The lowest BCUT2D eigenvalue weighted by Crippen LogP contribution is -2.24. The molecular formula is C14H25N3O. The Hall–Kier alpha value is -1.03. The molecule has 1 aromatic heterocycles. The lowest BCUT2D eigenvalue weighted by atomic mass is 10.0. The molecule has 0 amide bonds. The molecule has 1 saturated heterocycles. The zero-order valence-electron chi connectivity index (χ0n) is 11.6. The number of aromatic nitrogens is 1. The summed E-state index contributed by atoms with van der Waals surface area (Å²) in [4.78, 5) is 6.85. The fourth-order valence-electron chi connectivity index (χ4n) is 2.37. The maximum absolute atomic E-state index is 5.60. The summed E-state index contributed by atoms with van der Waals surface area (Å²) in [7, 11) is 0. The Balaban J connectivity index is 1.88. The van der Waals surface area contributed by atoms with E-state index < -0.39 is 0 Å². The molecule has 0 radical (unpaired) electrons. The Morgan fingerprint density at radius 1 is 1.44 bits per heavy atom. The van der Waals surface area contributed by atoms with E-state index in [0.717, 1.165) is 50.2 Å². The first-order valence-electron chi connectivity index (χ1n) is 7.19. The molecule has 102 valence electrons. The quantitative estimate of drug-likeness (QED) is 0.817. The summed E-state index contributed by atoms with van der Waals surface area (Å²) >= 11 is 0. The largest absolute Gasteiger partial charge is 0.432 e. The van der Waals surface area contributed by atoms with Gasteiger partial charge in [0.15, 0.2) is 0 Å². The smallest absolute Gasteiger partial charge is 0.297 e. The van der Waals surface area contributed by atoms with Gasteiger partial charge in [0, 0.05) is 19.6 Å². The van der Waals surface area contributed by atoms with E-state index in [0.29, 0.717) is 0 Å². The monoisotopic (exact) mass is 251 g/mol. The predicted octanol–water partition coefficient (Wildman–Crippen LogP) is 2.80. The summed E-state index contributed by atoms with van der Waals surface area (Å²) in [6.07, 6.45) is 6.74. The number of nitrogens with zero attached hydrogens (tertiary/aromatic N) is 2. The molecule has 1 aliphatic heterocycles. The lowest BCUT2D eigenvalue weighted by Gasteiger charge is -2.17. The third-order valence-corrected chi connectivity index (χ3v) is 3.56. The van der Waals surface area contributed by atoms with Gasteiger partial charge in [-0.25, -0.2) is 0 Å². The van der Waals surface area contributed by atoms with Crippen molar-refractivity contribution >= 4 is 6.01 Å². The Morgan fingerprint density at radius 3 is 3.17 bits per heavy atom. The molecule has 4 nitrogen and oxygen atoms in total. The van der Waals surface area contributed by atoms with Crippen LogP contribution in [0.4, 0.5) is 6.01 Å². The molecule has 1 unspecified atom stereocenters. The van der Waals surface area contributed by atoms with Crippen molar-refractivity contribution in [3.8, 4) is 0 Å². The van der Waals surface area contributed by atoms with E-state index in [1.54, 1.807) is 6.26 Å². The second-order valence-electron chi connectivity index (χ2n) is 5.32. The minimum atomic E-state index is 0.803. The Kier molecular flexibility index (Phi) is 5.05. The standard InChI is InChI=1S/C14H25N3O/c1-3-7-15-10-13-11-18-14(16-13)17-8-4-5-12(2)6-9-17/h11-12,15H,3-10H2,1-2H3. The van der Waals surface area contributed by atoms with E-state index in [4.69, 9.17) is 4.42 Å². The summed E-state index contributed by atoms with van der Waals surface area (Å²) in [6.45, 7) is 8.49. The van der Waals surface area contributed by atoms with Gasteiger partial charge in [0.05, 0.1) is 5.69 Å². The van der Waals surface area contributed by atoms with Crippen LogP contribution in [0.25, 0.3) is 0 Å². The highest BCUT2D eigenvalue weighted by Gasteiger charge is 2.17. The average Bonchev–Trinajstić information content (AvgIpc) is 2.72. The first-order chi connectivity index (χ1) is 8.79. The Labute approximate surface area is 110 Å². The van der Waals surface area contributed by atoms with Crippen LogP contribution in [-0.4, -0.2) is 24.6 Å². The van der Waals surface area contributed by atoms with Crippen molar-refractivity contribution in [3.05, 3.63) is 12.0 Å². The van der Waals surface area contributed by atoms with Crippen LogP contribution in [0.15, 0.2) is 10.7 Å². The van der Waals surface area contributed by atoms with Crippen LogP contribution in [0.3, 0.4) is 0 Å². The number of oxazole rings is 1. The van der Waals surface area contributed by atoms with Crippen molar-refractivity contribution in [1.82, 2.24) is 10.3 Å². The second kappa shape index (κ2) is 6.78.